The first kappa shape index (κ1) is 11.6. The Bertz CT molecular complexity index is 40.6. The molecule has 0 aromatic rings. The van der Waals surface area contributed by atoms with Gasteiger partial charge in [-0.1, -0.05) is 51.4 Å². The molecule has 1 aliphatic rings. The van der Waals surface area contributed by atoms with Gasteiger partial charge in [-0.25, -0.2) is 0 Å². The molecule has 68 valence electrons. The van der Waals surface area contributed by atoms with Gasteiger partial charge in [0.1, 0.15) is 0 Å². The lowest BCUT2D eigenvalue weighted by Crippen LogP contribution is -1.85. The number of halogens is 2. The van der Waals surface area contributed by atoms with Crippen molar-refractivity contribution in [1.29, 1.82) is 0 Å². The van der Waals surface area contributed by atoms with E-state index in [9.17, 15) is 0 Å². The summed E-state index contributed by atoms with van der Waals surface area (Å²) in [6, 6.07) is 0. The third-order valence-corrected chi connectivity index (χ3v) is 2.00. The summed E-state index contributed by atoms with van der Waals surface area (Å²) in [4.78, 5) is 0. The molecule has 1 fully saturated rings. The molecule has 0 radical (unpaired) electrons. The summed E-state index contributed by atoms with van der Waals surface area (Å²) in [6.45, 7) is 0. The molecule has 1 aliphatic carbocycles. The highest BCUT2D eigenvalue weighted by atomic mass is 35.5. The van der Waals surface area contributed by atoms with Crippen molar-refractivity contribution in [3.05, 3.63) is 0 Å². The lowest BCUT2D eigenvalue weighted by molar-refractivity contribution is 0.504. The topological polar surface area (TPSA) is 0 Å². The normalized spacial score (nSPS) is 19.1. The molecule has 0 aromatic carbocycles. The van der Waals surface area contributed by atoms with Gasteiger partial charge >= 0.3 is 0 Å². The molecule has 1 saturated carbocycles. The van der Waals surface area contributed by atoms with Crippen LogP contribution < -0.4 is 0 Å². The minimum atomic E-state index is 0.194. The highest BCUT2D eigenvalue weighted by molar-refractivity contribution is 6.40. The predicted molar refractivity (Wildman–Crippen MR) is 53.5 cm³/mol. The Labute approximate surface area is 80.3 Å². The number of hydrogen-bond donors (Lipinski definition) is 0. The highest BCUT2D eigenvalue weighted by Crippen LogP contribution is 2.15. The first-order chi connectivity index (χ1) is 5.41. The summed E-state index contributed by atoms with van der Waals surface area (Å²) in [5, 5.41) is 0.194. The van der Waals surface area contributed by atoms with Crippen LogP contribution in [0.2, 0.25) is 0 Å². The zero-order chi connectivity index (χ0) is 8.36. The fraction of sp³-hybridized carbons (Fsp3) is 1.00. The third-order valence-electron chi connectivity index (χ3n) is 2.00. The standard InChI is InChI=1S/C8H16.CH2Cl2/c1-2-4-6-8-7-5-3-1;2-1-3/h1-8H2;1H2. The summed E-state index contributed by atoms with van der Waals surface area (Å²) in [7, 11) is 0. The minimum absolute atomic E-state index is 0.194. The van der Waals surface area contributed by atoms with Crippen molar-refractivity contribution in [1.82, 2.24) is 0 Å². The van der Waals surface area contributed by atoms with Crippen LogP contribution in [0.15, 0.2) is 0 Å². The molecule has 0 atom stereocenters. The van der Waals surface area contributed by atoms with Gasteiger partial charge in [0, 0.05) is 0 Å². The maximum Gasteiger partial charge on any atom is 0.0967 e. The van der Waals surface area contributed by atoms with Crippen LogP contribution in [0.25, 0.3) is 0 Å². The summed E-state index contributed by atoms with van der Waals surface area (Å²) in [5.41, 5.74) is 0. The van der Waals surface area contributed by atoms with Crippen LogP contribution in [0.5, 0.6) is 0 Å². The van der Waals surface area contributed by atoms with Crippen LogP contribution in [0.4, 0.5) is 0 Å². The Morgan fingerprint density at radius 1 is 0.545 bits per heavy atom. The van der Waals surface area contributed by atoms with Crippen molar-refractivity contribution in [3.63, 3.8) is 0 Å². The van der Waals surface area contributed by atoms with Crippen molar-refractivity contribution < 1.29 is 0 Å². The molecule has 1 rings (SSSR count). The van der Waals surface area contributed by atoms with Crippen LogP contribution in [-0.4, -0.2) is 5.34 Å². The second-order valence-corrected chi connectivity index (χ2v) is 3.74. The van der Waals surface area contributed by atoms with Gasteiger partial charge in [0.05, 0.1) is 5.34 Å². The van der Waals surface area contributed by atoms with Crippen molar-refractivity contribution >= 4 is 23.2 Å². The second-order valence-electron chi connectivity index (χ2n) is 2.93. The molecule has 0 nitrogen and oxygen atoms in total. The van der Waals surface area contributed by atoms with E-state index in [1.807, 2.05) is 0 Å². The lowest BCUT2D eigenvalue weighted by Gasteiger charge is -2.05. The van der Waals surface area contributed by atoms with E-state index < -0.39 is 0 Å². The van der Waals surface area contributed by atoms with Gasteiger partial charge in [0.25, 0.3) is 0 Å². The fourth-order valence-electron chi connectivity index (χ4n) is 1.41. The molecule has 0 aliphatic heterocycles. The predicted octanol–water partition coefficient (Wildman–Crippen LogP) is 4.54. The van der Waals surface area contributed by atoms with Gasteiger partial charge in [-0.3, -0.25) is 0 Å². The summed E-state index contributed by atoms with van der Waals surface area (Å²) in [6.07, 6.45) is 12.0. The molecule has 11 heavy (non-hydrogen) atoms. The monoisotopic (exact) mass is 196 g/mol. The van der Waals surface area contributed by atoms with Crippen LogP contribution in [-0.2, 0) is 0 Å². The van der Waals surface area contributed by atoms with Crippen LogP contribution in [0.3, 0.4) is 0 Å². The van der Waals surface area contributed by atoms with Gasteiger partial charge in [-0.15, -0.1) is 23.2 Å². The maximum absolute atomic E-state index is 4.76. The molecule has 0 spiro atoms. The zero-order valence-electron chi connectivity index (χ0n) is 7.12. The molecule has 0 saturated heterocycles. The molecular formula is C9H18Cl2. The molecule has 0 heterocycles. The quantitative estimate of drug-likeness (QED) is 0.500. The third kappa shape index (κ3) is 10.6. The number of hydrogen-bond acceptors (Lipinski definition) is 0. The van der Waals surface area contributed by atoms with Crippen LogP contribution in [0.1, 0.15) is 51.4 Å². The molecule has 0 aromatic heterocycles. The largest absolute Gasteiger partial charge is 0.109 e. The van der Waals surface area contributed by atoms with E-state index in [4.69, 9.17) is 23.2 Å². The van der Waals surface area contributed by atoms with Crippen molar-refractivity contribution in [2.75, 3.05) is 5.34 Å². The summed E-state index contributed by atoms with van der Waals surface area (Å²) < 4.78 is 0. The molecule has 0 bridgehead atoms. The Balaban J connectivity index is 0.000000292. The molecule has 2 heteroatoms. The van der Waals surface area contributed by atoms with E-state index in [0.29, 0.717) is 0 Å². The van der Waals surface area contributed by atoms with Gasteiger partial charge in [0.2, 0.25) is 0 Å². The van der Waals surface area contributed by atoms with E-state index in [1.165, 1.54) is 51.4 Å². The second kappa shape index (κ2) is 10.6. The fourth-order valence-corrected chi connectivity index (χ4v) is 1.41. The van der Waals surface area contributed by atoms with Crippen molar-refractivity contribution in [3.8, 4) is 0 Å². The number of rotatable bonds is 0. The van der Waals surface area contributed by atoms with Gasteiger partial charge in [-0.05, 0) is 0 Å². The maximum atomic E-state index is 4.76. The molecular weight excluding hydrogens is 179 g/mol. The van der Waals surface area contributed by atoms with Crippen molar-refractivity contribution in [2.45, 2.75) is 51.4 Å². The molecule has 0 unspecified atom stereocenters. The van der Waals surface area contributed by atoms with Crippen LogP contribution in [0, 0.1) is 0 Å². The first-order valence-electron chi connectivity index (χ1n) is 4.53. The lowest BCUT2D eigenvalue weighted by atomic mass is 10.0. The highest BCUT2D eigenvalue weighted by Gasteiger charge is 1.95. The Hall–Kier alpha value is 0.580. The Kier molecular flexibility index (Phi) is 11.1. The van der Waals surface area contributed by atoms with Crippen LogP contribution >= 0.6 is 23.2 Å². The minimum Gasteiger partial charge on any atom is -0.109 e. The smallest absolute Gasteiger partial charge is 0.0967 e. The molecule has 0 N–H and O–H groups in total. The van der Waals surface area contributed by atoms with E-state index in [2.05, 4.69) is 0 Å². The average molecular weight is 197 g/mol. The Morgan fingerprint density at radius 3 is 0.727 bits per heavy atom. The Morgan fingerprint density at radius 2 is 0.636 bits per heavy atom. The van der Waals surface area contributed by atoms with E-state index >= 15 is 0 Å². The SMILES string of the molecule is C1CCCCCCC1.ClCCl. The van der Waals surface area contributed by atoms with Gasteiger partial charge < -0.3 is 0 Å². The van der Waals surface area contributed by atoms with E-state index in [-0.39, 0.29) is 5.34 Å². The van der Waals surface area contributed by atoms with E-state index in [0.717, 1.165) is 0 Å². The average Bonchev–Trinajstić information content (AvgIpc) is 1.86. The van der Waals surface area contributed by atoms with Gasteiger partial charge in [-0.2, -0.15) is 0 Å². The van der Waals surface area contributed by atoms with Gasteiger partial charge in [0.15, 0.2) is 0 Å². The van der Waals surface area contributed by atoms with Crippen molar-refractivity contribution in [2.24, 2.45) is 0 Å². The summed E-state index contributed by atoms with van der Waals surface area (Å²) in [5.74, 6) is 0. The number of alkyl halides is 2. The molecule has 0 amide bonds. The zero-order valence-corrected chi connectivity index (χ0v) is 8.63. The summed E-state index contributed by atoms with van der Waals surface area (Å²) >= 11 is 9.53. The first-order valence-corrected chi connectivity index (χ1v) is 5.60. The van der Waals surface area contributed by atoms with E-state index in [1.54, 1.807) is 0 Å².